The normalized spacial score (nSPS) is 14.2. The summed E-state index contributed by atoms with van der Waals surface area (Å²) in [4.78, 5) is 2.32. The summed E-state index contributed by atoms with van der Waals surface area (Å²) in [7, 11) is 1.69. The van der Waals surface area contributed by atoms with Gasteiger partial charge in [-0.15, -0.1) is 16.1 Å². The van der Waals surface area contributed by atoms with Crippen LogP contribution in [0.25, 0.3) is 5.69 Å². The van der Waals surface area contributed by atoms with Gasteiger partial charge in [0, 0.05) is 13.1 Å². The second kappa shape index (κ2) is 8.11. The molecule has 0 spiro atoms. The van der Waals surface area contributed by atoms with Crippen molar-refractivity contribution in [3.8, 4) is 23.3 Å². The van der Waals surface area contributed by atoms with Crippen molar-refractivity contribution in [1.29, 1.82) is 0 Å². The molecule has 2 aromatic rings. The van der Waals surface area contributed by atoms with Gasteiger partial charge in [0.05, 0.1) is 18.6 Å². The van der Waals surface area contributed by atoms with Gasteiger partial charge in [0.15, 0.2) is 5.16 Å². The number of rotatable bonds is 5. The predicted molar refractivity (Wildman–Crippen MR) is 98.1 cm³/mol. The minimum absolute atomic E-state index is 0.698. The molecule has 0 saturated carbocycles. The van der Waals surface area contributed by atoms with Crippen LogP contribution in [0.4, 0.5) is 5.95 Å². The minimum atomic E-state index is 0.698. The number of para-hydroxylation sites is 2. The average Bonchev–Trinajstić information content (AvgIpc) is 3.06. The van der Waals surface area contributed by atoms with Gasteiger partial charge < -0.3 is 9.64 Å². The number of ether oxygens (including phenoxy) is 1. The quantitative estimate of drug-likeness (QED) is 0.615. The van der Waals surface area contributed by atoms with Crippen LogP contribution in [-0.4, -0.2) is 40.7 Å². The highest BCUT2D eigenvalue weighted by Crippen LogP contribution is 2.32. The fraction of sp³-hybridized carbons (Fsp3) is 0.444. The Morgan fingerprint density at radius 2 is 1.96 bits per heavy atom. The van der Waals surface area contributed by atoms with Crippen LogP contribution in [0, 0.1) is 11.8 Å². The first-order valence-electron chi connectivity index (χ1n) is 8.21. The Balaban J connectivity index is 2.04. The predicted octanol–water partition coefficient (Wildman–Crippen LogP) is 3.38. The van der Waals surface area contributed by atoms with Crippen LogP contribution < -0.4 is 9.64 Å². The fourth-order valence-electron chi connectivity index (χ4n) is 2.85. The molecular formula is C18H22N4OS. The zero-order valence-corrected chi connectivity index (χ0v) is 15.0. The average molecular weight is 342 g/mol. The highest BCUT2D eigenvalue weighted by molar-refractivity contribution is 7.99. The second-order valence-corrected chi connectivity index (χ2v) is 6.50. The molecule has 1 aromatic heterocycles. The van der Waals surface area contributed by atoms with Crippen LogP contribution in [-0.2, 0) is 0 Å². The third-order valence-electron chi connectivity index (χ3n) is 4.03. The molecule has 0 amide bonds. The summed E-state index contributed by atoms with van der Waals surface area (Å²) < 4.78 is 7.66. The van der Waals surface area contributed by atoms with Gasteiger partial charge in [-0.25, -0.2) is 0 Å². The van der Waals surface area contributed by atoms with Crippen molar-refractivity contribution < 1.29 is 4.74 Å². The first-order valence-corrected chi connectivity index (χ1v) is 9.20. The lowest BCUT2D eigenvalue weighted by atomic mass is 10.1. The maximum Gasteiger partial charge on any atom is 0.232 e. The van der Waals surface area contributed by atoms with Crippen LogP contribution in [0.1, 0.15) is 26.2 Å². The lowest BCUT2D eigenvalue weighted by molar-refractivity contribution is 0.412. The molecule has 0 bridgehead atoms. The number of nitrogens with zero attached hydrogens (tertiary/aromatic N) is 4. The summed E-state index contributed by atoms with van der Waals surface area (Å²) in [5.74, 6) is 8.42. The van der Waals surface area contributed by atoms with E-state index in [2.05, 4.69) is 31.5 Å². The Kier molecular flexibility index (Phi) is 5.65. The molecule has 24 heavy (non-hydrogen) atoms. The van der Waals surface area contributed by atoms with Crippen LogP contribution >= 0.6 is 11.8 Å². The lowest BCUT2D eigenvalue weighted by Crippen LogP contribution is -2.31. The molecule has 6 heteroatoms. The van der Waals surface area contributed by atoms with Crippen molar-refractivity contribution in [3.05, 3.63) is 24.3 Å². The monoisotopic (exact) mass is 342 g/mol. The summed E-state index contributed by atoms with van der Waals surface area (Å²) >= 11 is 1.60. The number of anilines is 1. The number of benzene rings is 1. The number of hydrogen-bond acceptors (Lipinski definition) is 5. The highest BCUT2D eigenvalue weighted by Gasteiger charge is 2.22. The van der Waals surface area contributed by atoms with Crippen LogP contribution in [0.3, 0.4) is 0 Å². The van der Waals surface area contributed by atoms with E-state index in [1.54, 1.807) is 18.9 Å². The van der Waals surface area contributed by atoms with Crippen molar-refractivity contribution >= 4 is 17.7 Å². The van der Waals surface area contributed by atoms with Gasteiger partial charge in [0.25, 0.3) is 0 Å². The summed E-state index contributed by atoms with van der Waals surface area (Å²) in [6, 6.07) is 8.00. The largest absolute Gasteiger partial charge is 0.495 e. The standard InChI is InChI=1S/C18H22N4OS/c1-3-4-14-24-18-20-19-17(21-12-8-5-9-13-21)22(18)15-10-6-7-11-16(15)23-2/h6-7,10-11H,5,8-9,12-14H2,1-2H3. The molecule has 0 atom stereocenters. The van der Waals surface area contributed by atoms with E-state index in [9.17, 15) is 0 Å². The smallest absolute Gasteiger partial charge is 0.232 e. The molecule has 1 aromatic carbocycles. The number of thioether (sulfide) groups is 1. The van der Waals surface area contributed by atoms with Crippen LogP contribution in [0.5, 0.6) is 5.75 Å². The number of aromatic nitrogens is 3. The molecule has 2 heterocycles. The Morgan fingerprint density at radius 3 is 2.71 bits per heavy atom. The molecular weight excluding hydrogens is 320 g/mol. The van der Waals surface area contributed by atoms with Gasteiger partial charge in [-0.1, -0.05) is 29.8 Å². The van der Waals surface area contributed by atoms with E-state index in [0.29, 0.717) is 5.75 Å². The first-order chi connectivity index (χ1) is 11.8. The van der Waals surface area contributed by atoms with E-state index in [4.69, 9.17) is 4.74 Å². The zero-order chi connectivity index (χ0) is 16.8. The summed E-state index contributed by atoms with van der Waals surface area (Å²) in [6.07, 6.45) is 3.68. The fourth-order valence-corrected chi connectivity index (χ4v) is 3.61. The highest BCUT2D eigenvalue weighted by atomic mass is 32.2. The molecule has 5 nitrogen and oxygen atoms in total. The molecule has 1 saturated heterocycles. The van der Waals surface area contributed by atoms with E-state index in [1.165, 1.54) is 19.3 Å². The third-order valence-corrected chi connectivity index (χ3v) is 4.84. The second-order valence-electron chi connectivity index (χ2n) is 5.55. The van der Waals surface area contributed by atoms with Crippen LogP contribution in [0.2, 0.25) is 0 Å². The van der Waals surface area contributed by atoms with Gasteiger partial charge >= 0.3 is 0 Å². The van der Waals surface area contributed by atoms with E-state index >= 15 is 0 Å². The molecule has 0 aliphatic carbocycles. The van der Waals surface area contributed by atoms with Crippen molar-refractivity contribution in [2.45, 2.75) is 31.3 Å². The number of piperidine rings is 1. The number of methoxy groups -OCH3 is 1. The Bertz CT molecular complexity index is 741. The van der Waals surface area contributed by atoms with E-state index in [0.717, 1.165) is 35.6 Å². The minimum Gasteiger partial charge on any atom is -0.495 e. The third kappa shape index (κ3) is 3.51. The summed E-state index contributed by atoms with van der Waals surface area (Å²) in [6.45, 7) is 3.89. The molecule has 1 aliphatic heterocycles. The van der Waals surface area contributed by atoms with Gasteiger partial charge in [0.2, 0.25) is 5.95 Å². The topological polar surface area (TPSA) is 43.2 Å². The van der Waals surface area contributed by atoms with Gasteiger partial charge in [-0.2, -0.15) is 0 Å². The summed E-state index contributed by atoms with van der Waals surface area (Å²) in [5.41, 5.74) is 0.970. The van der Waals surface area contributed by atoms with Crippen molar-refractivity contribution in [2.75, 3.05) is 30.9 Å². The maximum absolute atomic E-state index is 5.56. The van der Waals surface area contributed by atoms with Gasteiger partial charge in [0.1, 0.15) is 5.75 Å². The molecule has 126 valence electrons. The molecule has 3 rings (SSSR count). The Morgan fingerprint density at radius 1 is 1.17 bits per heavy atom. The molecule has 0 unspecified atom stereocenters. The lowest BCUT2D eigenvalue weighted by Gasteiger charge is -2.28. The maximum atomic E-state index is 5.56. The molecule has 1 aliphatic rings. The molecule has 0 N–H and O–H groups in total. The zero-order valence-electron chi connectivity index (χ0n) is 14.2. The first kappa shape index (κ1) is 16.7. The van der Waals surface area contributed by atoms with E-state index < -0.39 is 0 Å². The van der Waals surface area contributed by atoms with E-state index in [-0.39, 0.29) is 0 Å². The van der Waals surface area contributed by atoms with Gasteiger partial charge in [-0.3, -0.25) is 4.57 Å². The van der Waals surface area contributed by atoms with Crippen molar-refractivity contribution in [3.63, 3.8) is 0 Å². The molecule has 1 fully saturated rings. The Hall–Kier alpha value is -2.13. The van der Waals surface area contributed by atoms with Crippen LogP contribution in [0.15, 0.2) is 29.4 Å². The Labute approximate surface area is 147 Å². The van der Waals surface area contributed by atoms with Gasteiger partial charge in [-0.05, 0) is 38.3 Å². The molecule has 0 radical (unpaired) electrons. The summed E-state index contributed by atoms with van der Waals surface area (Å²) in [5, 5.41) is 9.76. The van der Waals surface area contributed by atoms with Crippen molar-refractivity contribution in [1.82, 2.24) is 14.8 Å². The van der Waals surface area contributed by atoms with Crippen molar-refractivity contribution in [2.24, 2.45) is 0 Å². The SMILES string of the molecule is CC#CCSc1nnc(N2CCCCC2)n1-c1ccccc1OC. The van der Waals surface area contributed by atoms with E-state index in [1.807, 2.05) is 31.2 Å². The number of hydrogen-bond donors (Lipinski definition) is 0.